The van der Waals surface area contributed by atoms with Gasteiger partial charge in [0.05, 0.1) is 24.3 Å². The first-order valence-electron chi connectivity index (χ1n) is 8.57. The molecule has 0 fully saturated rings. The highest BCUT2D eigenvalue weighted by Crippen LogP contribution is 2.49. The van der Waals surface area contributed by atoms with Crippen molar-refractivity contribution in [2.75, 3.05) is 12.4 Å². The van der Waals surface area contributed by atoms with Gasteiger partial charge in [-0.25, -0.2) is 9.59 Å². The summed E-state index contributed by atoms with van der Waals surface area (Å²) in [4.78, 5) is 22.9. The molecule has 3 atom stereocenters. The molecular formula is C21H19NO4. The molecule has 2 aliphatic rings. The van der Waals surface area contributed by atoms with Crippen molar-refractivity contribution in [2.45, 2.75) is 18.4 Å². The fraction of sp³-hybridized carbons (Fsp3) is 0.238. The Hall–Kier alpha value is -3.08. The third-order valence-electron chi connectivity index (χ3n) is 5.30. The molecule has 2 N–H and O–H groups in total. The molecule has 0 radical (unpaired) electrons. The first-order valence-corrected chi connectivity index (χ1v) is 8.57. The summed E-state index contributed by atoms with van der Waals surface area (Å²) < 4.78 is 4.83. The van der Waals surface area contributed by atoms with Crippen LogP contribution in [0.3, 0.4) is 0 Å². The second-order valence-electron chi connectivity index (χ2n) is 6.70. The van der Waals surface area contributed by atoms with E-state index in [0.29, 0.717) is 11.5 Å². The summed E-state index contributed by atoms with van der Waals surface area (Å²) >= 11 is 0. The van der Waals surface area contributed by atoms with Gasteiger partial charge in [0.1, 0.15) is 0 Å². The number of esters is 1. The van der Waals surface area contributed by atoms with Gasteiger partial charge in [-0.05, 0) is 53.8 Å². The number of carboxylic acid groups (broad SMARTS) is 1. The van der Waals surface area contributed by atoms with E-state index in [1.54, 1.807) is 18.2 Å². The van der Waals surface area contributed by atoms with Crippen molar-refractivity contribution < 1.29 is 19.4 Å². The van der Waals surface area contributed by atoms with Gasteiger partial charge in [0.15, 0.2) is 0 Å². The quantitative estimate of drug-likeness (QED) is 0.647. The molecule has 26 heavy (non-hydrogen) atoms. The highest BCUT2D eigenvalue weighted by molar-refractivity contribution is 5.90. The predicted molar refractivity (Wildman–Crippen MR) is 97.5 cm³/mol. The smallest absolute Gasteiger partial charge is 0.337 e. The monoisotopic (exact) mass is 349 g/mol. The third kappa shape index (κ3) is 2.65. The first kappa shape index (κ1) is 16.4. The predicted octanol–water partition coefficient (Wildman–Crippen LogP) is 4.00. The lowest BCUT2D eigenvalue weighted by Gasteiger charge is -2.37. The van der Waals surface area contributed by atoms with Crippen LogP contribution >= 0.6 is 0 Å². The minimum atomic E-state index is -0.922. The number of hydrogen-bond donors (Lipinski definition) is 2. The van der Waals surface area contributed by atoms with Crippen molar-refractivity contribution in [3.8, 4) is 0 Å². The maximum atomic E-state index is 11.9. The summed E-state index contributed by atoms with van der Waals surface area (Å²) in [7, 11) is 1.38. The molecular weight excluding hydrogens is 330 g/mol. The van der Waals surface area contributed by atoms with E-state index < -0.39 is 5.97 Å². The number of carbonyl (C=O) groups is 2. The third-order valence-corrected chi connectivity index (χ3v) is 5.30. The number of methoxy groups -OCH3 is 1. The Kier molecular flexibility index (Phi) is 3.99. The van der Waals surface area contributed by atoms with Crippen molar-refractivity contribution in [1.82, 2.24) is 0 Å². The average molecular weight is 349 g/mol. The van der Waals surface area contributed by atoms with E-state index in [1.807, 2.05) is 24.3 Å². The molecule has 132 valence electrons. The second-order valence-corrected chi connectivity index (χ2v) is 6.70. The van der Waals surface area contributed by atoms with Gasteiger partial charge in [-0.15, -0.1) is 0 Å². The Bertz CT molecular complexity index is 901. The number of fused-ring (bicyclic) bond motifs is 3. The Morgan fingerprint density at radius 2 is 1.85 bits per heavy atom. The van der Waals surface area contributed by atoms with Gasteiger partial charge < -0.3 is 15.2 Å². The van der Waals surface area contributed by atoms with Crippen molar-refractivity contribution >= 4 is 17.6 Å². The lowest BCUT2D eigenvalue weighted by Crippen LogP contribution is -2.29. The number of allylic oxidation sites excluding steroid dienone is 2. The lowest BCUT2D eigenvalue weighted by atomic mass is 9.76. The van der Waals surface area contributed by atoms with E-state index in [2.05, 4.69) is 17.5 Å². The molecule has 4 rings (SSSR count). The Morgan fingerprint density at radius 3 is 2.54 bits per heavy atom. The van der Waals surface area contributed by atoms with Gasteiger partial charge in [0, 0.05) is 11.6 Å². The van der Waals surface area contributed by atoms with Crippen LogP contribution < -0.4 is 5.32 Å². The van der Waals surface area contributed by atoms with Crippen molar-refractivity contribution in [3.63, 3.8) is 0 Å². The lowest BCUT2D eigenvalue weighted by molar-refractivity contribution is 0.0599. The molecule has 0 spiro atoms. The highest BCUT2D eigenvalue weighted by Gasteiger charge is 2.38. The number of hydrogen-bond acceptors (Lipinski definition) is 4. The fourth-order valence-electron chi connectivity index (χ4n) is 4.00. The van der Waals surface area contributed by atoms with E-state index in [0.717, 1.165) is 23.2 Å². The van der Waals surface area contributed by atoms with Gasteiger partial charge in [0.2, 0.25) is 0 Å². The van der Waals surface area contributed by atoms with Gasteiger partial charge in [0.25, 0.3) is 0 Å². The number of anilines is 1. The van der Waals surface area contributed by atoms with Crippen LogP contribution in [0.15, 0.2) is 54.6 Å². The first-order chi connectivity index (χ1) is 12.6. The molecule has 0 bridgehead atoms. The minimum Gasteiger partial charge on any atom is -0.478 e. The van der Waals surface area contributed by atoms with Gasteiger partial charge >= 0.3 is 11.9 Å². The zero-order valence-corrected chi connectivity index (χ0v) is 14.3. The summed E-state index contributed by atoms with van der Waals surface area (Å²) in [6.45, 7) is 0. The van der Waals surface area contributed by atoms with Crippen molar-refractivity contribution in [1.29, 1.82) is 0 Å². The van der Waals surface area contributed by atoms with E-state index in [9.17, 15) is 9.59 Å². The van der Waals surface area contributed by atoms with Crippen LogP contribution in [0.5, 0.6) is 0 Å². The fourth-order valence-corrected chi connectivity index (χ4v) is 4.00. The topological polar surface area (TPSA) is 75.6 Å². The molecule has 1 heterocycles. The number of carbonyl (C=O) groups excluding carboxylic acids is 1. The van der Waals surface area contributed by atoms with Gasteiger partial charge in [-0.2, -0.15) is 0 Å². The summed E-state index contributed by atoms with van der Waals surface area (Å²) in [5.41, 5.74) is 4.00. The number of nitrogens with one attached hydrogen (secondary N) is 1. The van der Waals surface area contributed by atoms with Crippen LogP contribution in [0.2, 0.25) is 0 Å². The number of carboxylic acids is 1. The maximum absolute atomic E-state index is 11.9. The van der Waals surface area contributed by atoms with E-state index in [4.69, 9.17) is 9.84 Å². The molecule has 0 unspecified atom stereocenters. The molecule has 0 saturated carbocycles. The SMILES string of the molecule is COC(=O)c1ccc2c(c1)[C@@H]1C=CC[C@@H]1[C@H](c1ccc(C(=O)O)cc1)N2. The Morgan fingerprint density at radius 1 is 1.12 bits per heavy atom. The van der Waals surface area contributed by atoms with Crippen LogP contribution in [-0.4, -0.2) is 24.2 Å². The van der Waals surface area contributed by atoms with Crippen LogP contribution in [0.4, 0.5) is 5.69 Å². The highest BCUT2D eigenvalue weighted by atomic mass is 16.5. The number of benzene rings is 2. The zero-order valence-electron chi connectivity index (χ0n) is 14.3. The molecule has 5 heteroatoms. The maximum Gasteiger partial charge on any atom is 0.337 e. The molecule has 2 aromatic carbocycles. The van der Waals surface area contributed by atoms with E-state index in [-0.39, 0.29) is 23.5 Å². The summed E-state index contributed by atoms with van der Waals surface area (Å²) in [6, 6.07) is 12.7. The molecule has 1 aliphatic heterocycles. The van der Waals surface area contributed by atoms with E-state index in [1.165, 1.54) is 7.11 Å². The molecule has 0 amide bonds. The van der Waals surface area contributed by atoms with Crippen LogP contribution in [0.1, 0.15) is 50.2 Å². The Labute approximate surface area is 151 Å². The second kappa shape index (κ2) is 6.33. The minimum absolute atomic E-state index is 0.0920. The average Bonchev–Trinajstić information content (AvgIpc) is 3.16. The standard InChI is InChI=1S/C21H19NO4/c1-26-21(25)14-9-10-18-17(11-14)15-3-2-4-16(15)19(22-18)12-5-7-13(8-6-12)20(23)24/h2-3,5-11,15-16,19,22H,4H2,1H3,(H,23,24)/t15-,16+,19+/m1/s1. The molecule has 0 aromatic heterocycles. The van der Waals surface area contributed by atoms with E-state index >= 15 is 0 Å². The van der Waals surface area contributed by atoms with Crippen LogP contribution in [0.25, 0.3) is 0 Å². The number of rotatable bonds is 3. The largest absolute Gasteiger partial charge is 0.478 e. The van der Waals surface area contributed by atoms with Crippen LogP contribution in [-0.2, 0) is 4.74 Å². The molecule has 1 aliphatic carbocycles. The van der Waals surface area contributed by atoms with Crippen molar-refractivity contribution in [3.05, 3.63) is 76.9 Å². The van der Waals surface area contributed by atoms with Gasteiger partial charge in [-0.3, -0.25) is 0 Å². The Balaban J connectivity index is 1.71. The van der Waals surface area contributed by atoms with Crippen LogP contribution in [0, 0.1) is 5.92 Å². The number of ether oxygens (including phenoxy) is 1. The zero-order chi connectivity index (χ0) is 18.3. The summed E-state index contributed by atoms with van der Waals surface area (Å²) in [5.74, 6) is -0.710. The molecule has 0 saturated heterocycles. The number of aromatic carboxylic acids is 1. The van der Waals surface area contributed by atoms with Crippen molar-refractivity contribution in [2.24, 2.45) is 5.92 Å². The molecule has 5 nitrogen and oxygen atoms in total. The molecule has 2 aromatic rings. The summed E-state index contributed by atoms with van der Waals surface area (Å²) in [6.07, 6.45) is 5.31. The van der Waals surface area contributed by atoms with Gasteiger partial charge in [-0.1, -0.05) is 24.3 Å². The normalized spacial score (nSPS) is 22.9. The summed E-state index contributed by atoms with van der Waals surface area (Å²) in [5, 5.41) is 12.7.